The van der Waals surface area contributed by atoms with Gasteiger partial charge in [-0.3, -0.25) is 0 Å². The molecule has 3 rings (SSSR count). The van der Waals surface area contributed by atoms with Crippen molar-refractivity contribution in [3.63, 3.8) is 0 Å². The molecule has 0 aliphatic carbocycles. The minimum absolute atomic E-state index is 0.0338. The first-order valence-corrected chi connectivity index (χ1v) is 11.5. The summed E-state index contributed by atoms with van der Waals surface area (Å²) in [6.07, 6.45) is 0.746. The van der Waals surface area contributed by atoms with Crippen molar-refractivity contribution in [1.29, 1.82) is 0 Å². The number of hydrogen-bond acceptors (Lipinski definition) is 4. The van der Waals surface area contributed by atoms with Crippen molar-refractivity contribution in [2.24, 2.45) is 0 Å². The third-order valence-corrected chi connectivity index (χ3v) is 6.36. The molecule has 2 aromatic carbocycles. The van der Waals surface area contributed by atoms with Crippen LogP contribution in [0.4, 0.5) is 5.00 Å². The van der Waals surface area contributed by atoms with Gasteiger partial charge in [0, 0.05) is 11.3 Å². The molecule has 0 saturated heterocycles. The Balaban J connectivity index is 1.71. The Morgan fingerprint density at radius 1 is 1.03 bits per heavy atom. The van der Waals surface area contributed by atoms with Gasteiger partial charge >= 0.3 is 5.97 Å². The van der Waals surface area contributed by atoms with Gasteiger partial charge < -0.3 is 15.4 Å². The second-order valence-corrected chi connectivity index (χ2v) is 9.30. The Morgan fingerprint density at radius 3 is 2.29 bits per heavy atom. The van der Waals surface area contributed by atoms with Crippen LogP contribution in [0.25, 0.3) is 0 Å². The van der Waals surface area contributed by atoms with Crippen LogP contribution < -0.4 is 10.6 Å². The van der Waals surface area contributed by atoms with Crippen LogP contribution in [0.15, 0.2) is 60.7 Å². The average Bonchev–Trinajstić information content (AvgIpc) is 3.15. The fraction of sp³-hybridized carbons (Fsp3) is 0.280. The molecule has 162 valence electrons. The van der Waals surface area contributed by atoms with Crippen LogP contribution in [-0.2, 0) is 11.2 Å². The molecule has 2 N–H and O–H groups in total. The summed E-state index contributed by atoms with van der Waals surface area (Å²) in [4.78, 5) is 13.4. The van der Waals surface area contributed by atoms with Crippen molar-refractivity contribution >= 4 is 39.6 Å². The minimum atomic E-state index is -0.377. The van der Waals surface area contributed by atoms with E-state index in [9.17, 15) is 4.79 Å². The van der Waals surface area contributed by atoms with Gasteiger partial charge in [-0.1, -0.05) is 68.4 Å². The summed E-state index contributed by atoms with van der Waals surface area (Å²) >= 11 is 7.05. The minimum Gasteiger partial charge on any atom is -0.465 e. The highest BCUT2D eigenvalue weighted by Gasteiger charge is 2.18. The molecule has 3 aromatic rings. The maximum Gasteiger partial charge on any atom is 0.340 e. The molecule has 1 heterocycles. The smallest absolute Gasteiger partial charge is 0.340 e. The van der Waals surface area contributed by atoms with E-state index >= 15 is 0 Å². The van der Waals surface area contributed by atoms with Gasteiger partial charge in [0.05, 0.1) is 18.7 Å². The van der Waals surface area contributed by atoms with E-state index in [1.807, 2.05) is 24.3 Å². The Kier molecular flexibility index (Phi) is 7.82. The van der Waals surface area contributed by atoms with Gasteiger partial charge in [-0.05, 0) is 47.8 Å². The second-order valence-electron chi connectivity index (χ2n) is 7.75. The SMILES string of the molecule is COC(=O)c1cc(Cc2ccccc2)sc1NC(=S)NC(C)c1ccc(C(C)C)cc1. The van der Waals surface area contributed by atoms with Crippen molar-refractivity contribution in [2.45, 2.75) is 39.2 Å². The van der Waals surface area contributed by atoms with E-state index in [0.717, 1.165) is 16.9 Å². The van der Waals surface area contributed by atoms with E-state index < -0.39 is 0 Å². The zero-order chi connectivity index (χ0) is 22.4. The number of thiophene rings is 1. The lowest BCUT2D eigenvalue weighted by atomic mass is 10.00. The largest absolute Gasteiger partial charge is 0.465 e. The second kappa shape index (κ2) is 10.6. The van der Waals surface area contributed by atoms with Gasteiger partial charge in [0.15, 0.2) is 5.11 Å². The molecule has 0 spiro atoms. The van der Waals surface area contributed by atoms with Crippen LogP contribution in [0.2, 0.25) is 0 Å². The normalized spacial score (nSPS) is 11.8. The van der Waals surface area contributed by atoms with Crippen LogP contribution in [0.3, 0.4) is 0 Å². The van der Waals surface area contributed by atoms with Crippen molar-refractivity contribution < 1.29 is 9.53 Å². The van der Waals surface area contributed by atoms with E-state index in [1.54, 1.807) is 0 Å². The van der Waals surface area contributed by atoms with Crippen LogP contribution in [0, 0.1) is 0 Å². The number of methoxy groups -OCH3 is 1. The predicted octanol–water partition coefficient (Wildman–Crippen LogP) is 6.30. The van der Waals surface area contributed by atoms with Crippen LogP contribution in [0.5, 0.6) is 0 Å². The molecule has 0 fully saturated rings. The Labute approximate surface area is 193 Å². The summed E-state index contributed by atoms with van der Waals surface area (Å²) in [7, 11) is 1.39. The highest BCUT2D eigenvalue weighted by Crippen LogP contribution is 2.31. The Morgan fingerprint density at radius 2 is 1.68 bits per heavy atom. The third-order valence-electron chi connectivity index (χ3n) is 5.09. The molecule has 4 nitrogen and oxygen atoms in total. The average molecular weight is 453 g/mol. The summed E-state index contributed by atoms with van der Waals surface area (Å²) in [5.41, 5.74) is 4.14. The Bertz CT molecular complexity index is 1030. The van der Waals surface area contributed by atoms with Crippen LogP contribution in [0.1, 0.15) is 64.7 Å². The van der Waals surface area contributed by atoms with E-state index in [2.05, 4.69) is 67.8 Å². The molecule has 0 saturated carbocycles. The van der Waals surface area contributed by atoms with Crippen molar-refractivity contribution in [3.8, 4) is 0 Å². The van der Waals surface area contributed by atoms with E-state index in [4.69, 9.17) is 17.0 Å². The van der Waals surface area contributed by atoms with E-state index in [0.29, 0.717) is 21.6 Å². The fourth-order valence-electron chi connectivity index (χ4n) is 3.27. The first-order chi connectivity index (χ1) is 14.9. The molecular formula is C25H28N2O2S2. The number of benzene rings is 2. The first-order valence-electron chi connectivity index (χ1n) is 10.3. The Hall–Kier alpha value is -2.70. The molecule has 31 heavy (non-hydrogen) atoms. The summed E-state index contributed by atoms with van der Waals surface area (Å²) in [6.45, 7) is 6.43. The number of nitrogens with one attached hydrogen (secondary N) is 2. The zero-order valence-electron chi connectivity index (χ0n) is 18.3. The highest BCUT2D eigenvalue weighted by atomic mass is 32.1. The standard InChI is InChI=1S/C25H28N2O2S2/c1-16(2)19-10-12-20(13-11-19)17(3)26-25(30)27-23-22(24(28)29-4)15-21(31-23)14-18-8-6-5-7-9-18/h5-13,15-17H,14H2,1-4H3,(H2,26,27,30). The van der Waals surface area contributed by atoms with Gasteiger partial charge in [0.2, 0.25) is 0 Å². The van der Waals surface area contributed by atoms with Crippen molar-refractivity contribution in [2.75, 3.05) is 12.4 Å². The number of rotatable bonds is 7. The van der Waals surface area contributed by atoms with Gasteiger partial charge in [-0.2, -0.15) is 0 Å². The molecule has 1 aromatic heterocycles. The number of anilines is 1. The van der Waals surface area contributed by atoms with Crippen molar-refractivity contribution in [3.05, 3.63) is 87.8 Å². The maximum absolute atomic E-state index is 12.3. The highest BCUT2D eigenvalue weighted by molar-refractivity contribution is 7.80. The summed E-state index contributed by atoms with van der Waals surface area (Å²) in [6, 6.07) is 20.6. The number of thiocarbonyl (C=S) groups is 1. The van der Waals surface area contributed by atoms with Gasteiger partial charge in [-0.15, -0.1) is 11.3 Å². The zero-order valence-corrected chi connectivity index (χ0v) is 19.9. The summed E-state index contributed by atoms with van der Waals surface area (Å²) in [5.74, 6) is 0.124. The number of esters is 1. The van der Waals surface area contributed by atoms with Gasteiger partial charge in [0.1, 0.15) is 5.00 Å². The number of carbonyl (C=O) groups excluding carboxylic acids is 1. The molecule has 0 amide bonds. The topological polar surface area (TPSA) is 50.4 Å². The molecule has 1 atom stereocenters. The molecule has 0 bridgehead atoms. The van der Waals surface area contributed by atoms with Crippen LogP contribution in [-0.4, -0.2) is 18.2 Å². The quantitative estimate of drug-likeness (QED) is 0.326. The lowest BCUT2D eigenvalue weighted by Crippen LogP contribution is -2.31. The molecule has 0 aliphatic rings. The maximum atomic E-state index is 12.3. The summed E-state index contributed by atoms with van der Waals surface area (Å²) in [5, 5.41) is 7.67. The van der Waals surface area contributed by atoms with E-state index in [-0.39, 0.29) is 12.0 Å². The molecular weight excluding hydrogens is 424 g/mol. The monoisotopic (exact) mass is 452 g/mol. The predicted molar refractivity (Wildman–Crippen MR) is 133 cm³/mol. The number of ether oxygens (including phenoxy) is 1. The lowest BCUT2D eigenvalue weighted by Gasteiger charge is -2.18. The molecule has 0 aliphatic heterocycles. The molecule has 1 unspecified atom stereocenters. The van der Waals surface area contributed by atoms with Gasteiger partial charge in [-0.25, -0.2) is 4.79 Å². The van der Waals surface area contributed by atoms with Crippen LogP contribution >= 0.6 is 23.6 Å². The lowest BCUT2D eigenvalue weighted by molar-refractivity contribution is 0.0602. The number of carbonyl (C=O) groups is 1. The van der Waals surface area contributed by atoms with Crippen molar-refractivity contribution in [1.82, 2.24) is 5.32 Å². The van der Waals surface area contributed by atoms with Gasteiger partial charge in [0.25, 0.3) is 0 Å². The number of hydrogen-bond donors (Lipinski definition) is 2. The summed E-state index contributed by atoms with van der Waals surface area (Å²) < 4.78 is 4.97. The third kappa shape index (κ3) is 6.15. The van der Waals surface area contributed by atoms with E-state index in [1.165, 1.54) is 29.6 Å². The fourth-order valence-corrected chi connectivity index (χ4v) is 4.70. The molecule has 0 radical (unpaired) electrons. The first kappa shape index (κ1) is 23.0. The molecule has 6 heteroatoms.